The molecule has 0 unspecified atom stereocenters. The van der Waals surface area contributed by atoms with Crippen LogP contribution in [0.15, 0.2) is 122 Å². The molecule has 0 N–H and O–H groups in total. The molecule has 0 aliphatic heterocycles. The third-order valence-corrected chi connectivity index (χ3v) is 12.3. The zero-order valence-electron chi connectivity index (χ0n) is 41.1. The maximum Gasteiger partial charge on any atom is 0.416 e. The lowest BCUT2D eigenvalue weighted by atomic mass is 9.12. The van der Waals surface area contributed by atoms with Crippen molar-refractivity contribution in [2.75, 3.05) is 6.61 Å². The predicted octanol–water partition coefficient (Wildman–Crippen LogP) is 15.1. The van der Waals surface area contributed by atoms with Gasteiger partial charge in [-0.25, -0.2) is 9.78 Å². The molecule has 29 heteroatoms. The van der Waals surface area contributed by atoms with Crippen LogP contribution in [-0.4, -0.2) is 23.7 Å². The minimum Gasteiger partial charge on any atom is -0.461 e. The van der Waals surface area contributed by atoms with Gasteiger partial charge in [-0.1, -0.05) is 118 Å². The van der Waals surface area contributed by atoms with Crippen molar-refractivity contribution in [1.82, 2.24) is 4.98 Å². The quantitative estimate of drug-likeness (QED) is 0.0359. The van der Waals surface area contributed by atoms with Crippen molar-refractivity contribution >= 4 is 34.0 Å². The number of aromatic nitrogens is 2. The smallest absolute Gasteiger partial charge is 0.416 e. The Morgan fingerprint density at radius 2 is 0.728 bits per heavy atom. The van der Waals surface area contributed by atoms with Gasteiger partial charge in [0, 0.05) is 5.56 Å². The van der Waals surface area contributed by atoms with Crippen LogP contribution in [0.3, 0.4) is 0 Å². The number of halogens is 24. The van der Waals surface area contributed by atoms with Crippen LogP contribution in [0, 0.1) is 0 Å². The van der Waals surface area contributed by atoms with Gasteiger partial charge in [-0.2, -0.15) is 132 Å². The molecule has 0 fully saturated rings. The van der Waals surface area contributed by atoms with Crippen molar-refractivity contribution in [3.63, 3.8) is 0 Å². The van der Waals surface area contributed by atoms with Crippen molar-refractivity contribution in [2.45, 2.75) is 101 Å². The Hall–Kier alpha value is -6.97. The fraction of sp³-hybridized carbons (Fsp3) is 0.327. The van der Waals surface area contributed by atoms with Gasteiger partial charge in [-0.05, 0) is 30.7 Å². The zero-order valence-corrected chi connectivity index (χ0v) is 41.1. The predicted molar refractivity (Wildman–Crippen MR) is 244 cm³/mol. The summed E-state index contributed by atoms with van der Waals surface area (Å²) in [7, 11) is 0. The molecule has 81 heavy (non-hydrogen) atoms. The Kier molecular flexibility index (Phi) is 19.4. The highest BCUT2D eigenvalue weighted by atomic mass is 19.4. The monoisotopic (exact) mass is 1190 g/mol. The maximum atomic E-state index is 14.2. The van der Waals surface area contributed by atoms with Crippen molar-refractivity contribution < 1.29 is 119 Å². The first kappa shape index (κ1) is 64.9. The first-order valence-corrected chi connectivity index (χ1v) is 23.5. The van der Waals surface area contributed by atoms with Crippen molar-refractivity contribution in [3.8, 4) is 0 Å². The number of carbonyl (C=O) groups is 1. The molecule has 0 saturated heterocycles. The summed E-state index contributed by atoms with van der Waals surface area (Å²) in [6, 6.07) is 1.31. The van der Waals surface area contributed by atoms with Crippen LogP contribution in [0.2, 0.25) is 0 Å². The molecule has 0 amide bonds. The number of benzene rings is 5. The first-order chi connectivity index (χ1) is 37.1. The number of esters is 1. The van der Waals surface area contributed by atoms with Crippen molar-refractivity contribution in [1.29, 1.82) is 0 Å². The number of unbranched alkanes of at least 4 members (excludes halogenated alkanes) is 5. The summed E-state index contributed by atoms with van der Waals surface area (Å²) in [5, 5.41) is 0. The van der Waals surface area contributed by atoms with Crippen LogP contribution >= 0.6 is 0 Å². The number of nitrogens with zero attached hydrogens (tertiary/aromatic N) is 2. The number of alkyl halides is 24. The van der Waals surface area contributed by atoms with Crippen molar-refractivity contribution in [2.24, 2.45) is 0 Å². The molecule has 0 spiro atoms. The second-order valence-corrected chi connectivity index (χ2v) is 18.2. The zero-order chi connectivity index (χ0) is 61.0. The number of carbonyl (C=O) groups excluding carboxylic acids is 1. The van der Waals surface area contributed by atoms with Gasteiger partial charge in [0.2, 0.25) is 11.9 Å². The summed E-state index contributed by atoms with van der Waals surface area (Å²) in [6.07, 6.45) is -42.5. The highest BCUT2D eigenvalue weighted by molar-refractivity contribution is 7.20. The van der Waals surface area contributed by atoms with Gasteiger partial charge >= 0.3 is 55.4 Å². The Balaban J connectivity index is 0.000000416. The topological polar surface area (TPSA) is 43.1 Å². The van der Waals surface area contributed by atoms with Gasteiger partial charge < -0.3 is 4.74 Å². The van der Waals surface area contributed by atoms with Crippen LogP contribution in [0.1, 0.15) is 106 Å². The molecular formula is C52H39BF24N2O2. The molecule has 0 aliphatic rings. The molecule has 0 saturated carbocycles. The maximum absolute atomic E-state index is 14.2. The van der Waals surface area contributed by atoms with E-state index in [1.54, 1.807) is 12.4 Å². The van der Waals surface area contributed by atoms with E-state index in [2.05, 4.69) is 24.0 Å². The molecule has 440 valence electrons. The third kappa shape index (κ3) is 16.8. The highest BCUT2D eigenvalue weighted by Crippen LogP contribution is 2.41. The molecule has 1 aromatic heterocycles. The van der Waals surface area contributed by atoms with Gasteiger partial charge in [0.15, 0.2) is 12.7 Å². The van der Waals surface area contributed by atoms with Crippen molar-refractivity contribution in [3.05, 3.63) is 177 Å². The molecule has 4 nitrogen and oxygen atoms in total. The lowest BCUT2D eigenvalue weighted by molar-refractivity contribution is -0.689. The summed E-state index contributed by atoms with van der Waals surface area (Å²) in [4.78, 5) is 16.2. The summed E-state index contributed by atoms with van der Waals surface area (Å²) in [6.45, 7) is 3.39. The van der Waals surface area contributed by atoms with E-state index >= 15 is 0 Å². The SMILES string of the molecule is CCCCCCCCOC(=O)c1c[n+](Cc2ccccc2)ccn1.FC(F)(F)c1cc([B-](c2cc(C(F)(F)F)cc(C(F)(F)F)c2)(c2cc(C(F)(F)F)cc(C(F)(F)F)c2)c2cc(C(F)(F)F)cc(C(F)(F)F)c2)cc(C(F)(F)F)c1. The number of rotatable bonds is 14. The minimum atomic E-state index is -6.13. The van der Waals surface area contributed by atoms with E-state index in [0.29, 0.717) is 18.8 Å². The Labute approximate surface area is 443 Å². The lowest BCUT2D eigenvalue weighted by Gasteiger charge is -2.46. The fourth-order valence-electron chi connectivity index (χ4n) is 8.62. The summed E-state index contributed by atoms with van der Waals surface area (Å²) < 4.78 is 348. The molecule has 0 atom stereocenters. The number of hydrogen-bond donors (Lipinski definition) is 0. The Morgan fingerprint density at radius 3 is 1.02 bits per heavy atom. The second-order valence-electron chi connectivity index (χ2n) is 18.2. The fourth-order valence-corrected chi connectivity index (χ4v) is 8.62. The standard InChI is InChI=1S/C32H12BF24.C20H27N2O2/c34-25(35,36)13-1-14(26(37,38)39)6-21(5-13)33(22-7-15(27(40,41)42)2-16(8-22)28(43,44)45,23-9-17(29(46,47)48)3-18(10-23)30(49,50)51)24-11-19(31(52,53)54)4-20(12-24)32(55,56)57;1-2-3-4-5-6-10-15-24-20(23)19-17-22(14-13-21-19)16-18-11-8-7-9-12-18/h1-12H;7-9,11-14,17H,2-6,10,15-16H2,1H3/q-1;+1. The minimum absolute atomic E-state index is 0.342. The highest BCUT2D eigenvalue weighted by Gasteiger charge is 2.47. The number of hydrogen-bond acceptors (Lipinski definition) is 3. The van der Waals surface area contributed by atoms with Gasteiger partial charge in [-0.15, -0.1) is 0 Å². The second kappa shape index (κ2) is 24.2. The molecule has 1 heterocycles. The van der Waals surface area contributed by atoms with E-state index in [4.69, 9.17) is 4.74 Å². The van der Waals surface area contributed by atoms with E-state index in [0.717, 1.165) is 12.8 Å². The summed E-state index contributed by atoms with van der Waals surface area (Å²) in [5.41, 5.74) is -28.7. The van der Waals surface area contributed by atoms with Crippen LogP contribution in [0.4, 0.5) is 105 Å². The average Bonchev–Trinajstić information content (AvgIpc) is 3.54. The molecule has 0 aliphatic carbocycles. The van der Waals surface area contributed by atoms with Crippen LogP contribution in [0.25, 0.3) is 0 Å². The van der Waals surface area contributed by atoms with Gasteiger partial charge in [0.25, 0.3) is 0 Å². The van der Waals surface area contributed by atoms with Gasteiger partial charge in [-0.3, -0.25) is 0 Å². The molecule has 6 rings (SSSR count). The number of ether oxygens (including phenoxy) is 1. The molecule has 0 bridgehead atoms. The van der Waals surface area contributed by atoms with Gasteiger partial charge in [0.05, 0.1) is 57.3 Å². The van der Waals surface area contributed by atoms with E-state index in [1.165, 1.54) is 31.2 Å². The summed E-state index contributed by atoms with van der Waals surface area (Å²) >= 11 is 0. The molecule has 0 radical (unpaired) electrons. The molecule has 5 aromatic carbocycles. The van der Waals surface area contributed by atoms with E-state index < -0.39 is 195 Å². The van der Waals surface area contributed by atoms with E-state index in [9.17, 15) is 110 Å². The van der Waals surface area contributed by atoms with Crippen LogP contribution in [-0.2, 0) is 60.7 Å². The van der Waals surface area contributed by atoms with Crippen LogP contribution < -0.4 is 26.4 Å². The van der Waals surface area contributed by atoms with Gasteiger partial charge in [0.1, 0.15) is 6.15 Å². The normalized spacial score (nSPS) is 13.2. The molecule has 6 aromatic rings. The largest absolute Gasteiger partial charge is 0.461 e. The summed E-state index contributed by atoms with van der Waals surface area (Å²) in [5.74, 6) is -0.342. The first-order valence-electron chi connectivity index (χ1n) is 23.5. The average molecular weight is 1190 g/mol. The Bertz CT molecular complexity index is 2680. The van der Waals surface area contributed by atoms with E-state index in [-0.39, 0.29) is 5.97 Å². The van der Waals surface area contributed by atoms with E-state index in [1.807, 2.05) is 29.0 Å². The lowest BCUT2D eigenvalue weighted by Crippen LogP contribution is -2.75. The third-order valence-electron chi connectivity index (χ3n) is 12.3. The van der Waals surface area contributed by atoms with Crippen LogP contribution in [0.5, 0.6) is 0 Å². The Morgan fingerprint density at radius 1 is 0.432 bits per heavy atom. The molecular weight excluding hydrogens is 1150 g/mol.